The number of hydrogen-bond acceptors (Lipinski definition) is 3. The first-order valence-corrected chi connectivity index (χ1v) is 9.38. The van der Waals surface area contributed by atoms with Crippen LogP contribution in [0.15, 0.2) is 66.7 Å². The lowest BCUT2D eigenvalue weighted by Gasteiger charge is -2.32. The maximum atomic E-state index is 14.4. The zero-order valence-corrected chi connectivity index (χ0v) is 16.8. The van der Waals surface area contributed by atoms with E-state index in [1.54, 1.807) is 30.3 Å². The Labute approximate surface area is 180 Å². The molecule has 0 aliphatic carbocycles. The molecule has 0 heterocycles. The number of rotatable bonds is 8. The summed E-state index contributed by atoms with van der Waals surface area (Å²) in [5.74, 6) is -2.69. The van der Waals surface area contributed by atoms with E-state index in [0.29, 0.717) is 11.6 Å². The second-order valence-corrected chi connectivity index (χ2v) is 7.12. The average molecular weight is 455 g/mol. The number of ether oxygens (including phenoxy) is 2. The monoisotopic (exact) mass is 455 g/mol. The van der Waals surface area contributed by atoms with Gasteiger partial charge in [-0.2, -0.15) is 17.6 Å². The molecule has 0 saturated carbocycles. The fourth-order valence-electron chi connectivity index (χ4n) is 3.31. The summed E-state index contributed by atoms with van der Waals surface area (Å²) in [5.41, 5.74) is 5.78. The van der Waals surface area contributed by atoms with Crippen molar-refractivity contribution in [1.82, 2.24) is 0 Å². The van der Waals surface area contributed by atoms with Crippen molar-refractivity contribution in [1.29, 1.82) is 0 Å². The molecule has 9 heteroatoms. The maximum absolute atomic E-state index is 14.4. The first-order chi connectivity index (χ1) is 15.0. The van der Waals surface area contributed by atoms with Gasteiger partial charge >= 0.3 is 12.5 Å². The first-order valence-electron chi connectivity index (χ1n) is 9.38. The molecule has 170 valence electrons. The van der Waals surface area contributed by atoms with Gasteiger partial charge in [0.05, 0.1) is 12.6 Å². The molecule has 2 N–H and O–H groups in total. The van der Waals surface area contributed by atoms with Gasteiger partial charge in [-0.25, -0.2) is 8.78 Å². The predicted molar refractivity (Wildman–Crippen MR) is 106 cm³/mol. The molecule has 3 aromatic carbocycles. The van der Waals surface area contributed by atoms with Crippen molar-refractivity contribution in [3.05, 3.63) is 95.1 Å². The summed E-state index contributed by atoms with van der Waals surface area (Å²) in [6.07, 6.45) is -8.96. The third-order valence-corrected chi connectivity index (χ3v) is 4.89. The molecule has 32 heavy (non-hydrogen) atoms. The third kappa shape index (κ3) is 4.99. The molecule has 0 spiro atoms. The highest BCUT2D eigenvalue weighted by Crippen LogP contribution is 2.37. The number of halogens is 6. The van der Waals surface area contributed by atoms with Crippen molar-refractivity contribution in [3.8, 4) is 11.5 Å². The molecule has 3 rings (SSSR count). The van der Waals surface area contributed by atoms with E-state index in [-0.39, 0.29) is 23.3 Å². The van der Waals surface area contributed by atoms with Crippen LogP contribution in [0.2, 0.25) is 0 Å². The van der Waals surface area contributed by atoms with Crippen LogP contribution in [0.3, 0.4) is 0 Å². The second-order valence-electron chi connectivity index (χ2n) is 7.12. The normalized spacial score (nSPS) is 13.7. The molecule has 0 bridgehead atoms. The zero-order valence-electron chi connectivity index (χ0n) is 16.8. The minimum absolute atomic E-state index is 0.00768. The average Bonchev–Trinajstić information content (AvgIpc) is 2.73. The molecule has 3 aromatic rings. The molecule has 3 nitrogen and oxygen atoms in total. The number of alkyl halides is 4. The van der Waals surface area contributed by atoms with Crippen LogP contribution >= 0.6 is 0 Å². The van der Waals surface area contributed by atoms with E-state index in [1.807, 2.05) is 0 Å². The van der Waals surface area contributed by atoms with Crippen molar-refractivity contribution < 1.29 is 35.8 Å². The van der Waals surface area contributed by atoms with Crippen LogP contribution < -0.4 is 15.2 Å². The topological polar surface area (TPSA) is 44.5 Å². The molecule has 0 aliphatic heterocycles. The van der Waals surface area contributed by atoms with Crippen molar-refractivity contribution in [3.63, 3.8) is 0 Å². The summed E-state index contributed by atoms with van der Waals surface area (Å²) in [6.45, 7) is 0. The summed E-state index contributed by atoms with van der Waals surface area (Å²) in [7, 11) is 1.27. The molecule has 0 radical (unpaired) electrons. The summed E-state index contributed by atoms with van der Waals surface area (Å²) in [6, 6.07) is 15.0. The number of nitrogens with two attached hydrogens (primary N) is 1. The van der Waals surface area contributed by atoms with Gasteiger partial charge < -0.3 is 15.2 Å². The van der Waals surface area contributed by atoms with E-state index in [0.717, 1.165) is 18.2 Å². The fraction of sp³-hybridized carbons (Fsp3) is 0.217. The minimum Gasteiger partial charge on any atom is -0.494 e. The first kappa shape index (κ1) is 23.5. The van der Waals surface area contributed by atoms with Crippen molar-refractivity contribution in [2.75, 3.05) is 7.11 Å². The lowest BCUT2D eigenvalue weighted by atomic mass is 9.78. The number of hydrogen-bond donors (Lipinski definition) is 1. The van der Waals surface area contributed by atoms with E-state index in [4.69, 9.17) is 10.5 Å². The Morgan fingerprint density at radius 2 is 1.59 bits per heavy atom. The number of methoxy groups -OCH3 is 1. The second kappa shape index (κ2) is 9.12. The summed E-state index contributed by atoms with van der Waals surface area (Å²) >= 11 is 0. The lowest BCUT2D eigenvalue weighted by molar-refractivity contribution is -0.253. The van der Waals surface area contributed by atoms with Gasteiger partial charge in [0.1, 0.15) is 11.6 Å². The van der Waals surface area contributed by atoms with Crippen LogP contribution in [0.4, 0.5) is 26.3 Å². The largest absolute Gasteiger partial charge is 0.494 e. The minimum atomic E-state index is -4.84. The van der Waals surface area contributed by atoms with E-state index >= 15 is 0 Å². The van der Waals surface area contributed by atoms with Crippen molar-refractivity contribution in [2.45, 2.75) is 24.5 Å². The Morgan fingerprint density at radius 3 is 2.19 bits per heavy atom. The van der Waals surface area contributed by atoms with Crippen LogP contribution in [-0.4, -0.2) is 19.6 Å². The van der Waals surface area contributed by atoms with Crippen molar-refractivity contribution >= 4 is 0 Å². The van der Waals surface area contributed by atoms with Crippen LogP contribution in [0.1, 0.15) is 16.7 Å². The summed E-state index contributed by atoms with van der Waals surface area (Å²) < 4.78 is 89.7. The van der Waals surface area contributed by atoms with Gasteiger partial charge in [0.2, 0.25) is 0 Å². The quantitative estimate of drug-likeness (QED) is 0.446. The molecule has 0 saturated heterocycles. The smallest absolute Gasteiger partial charge is 0.461 e. The fourth-order valence-corrected chi connectivity index (χ4v) is 3.31. The van der Waals surface area contributed by atoms with Crippen LogP contribution in [0.5, 0.6) is 11.5 Å². The molecule has 0 amide bonds. The Kier molecular flexibility index (Phi) is 6.68. The van der Waals surface area contributed by atoms with Gasteiger partial charge in [-0.05, 0) is 47.4 Å². The Bertz CT molecular complexity index is 1080. The standard InChI is InChI=1S/C23H19F6NO2/c1-31-20-8-7-15(11-19(20)25)22(30,13-14-5-3-2-4-6-14)16-9-17(24)12-18(10-16)32-23(28,29)21(26)27/h2-12,21H,13,30H2,1H3. The van der Waals surface area contributed by atoms with Crippen LogP contribution in [-0.2, 0) is 12.0 Å². The predicted octanol–water partition coefficient (Wildman–Crippen LogP) is 5.66. The Hall–Kier alpha value is -3.20. The van der Waals surface area contributed by atoms with E-state index in [2.05, 4.69) is 4.74 Å². The van der Waals surface area contributed by atoms with Gasteiger partial charge in [0.25, 0.3) is 0 Å². The van der Waals surface area contributed by atoms with Gasteiger partial charge in [-0.1, -0.05) is 36.4 Å². The van der Waals surface area contributed by atoms with E-state index in [1.165, 1.54) is 19.2 Å². The lowest BCUT2D eigenvalue weighted by Crippen LogP contribution is -2.41. The Balaban J connectivity index is 2.14. The van der Waals surface area contributed by atoms with Gasteiger partial charge in [0, 0.05) is 6.07 Å². The van der Waals surface area contributed by atoms with Gasteiger partial charge in [-0.3, -0.25) is 0 Å². The molecule has 0 fully saturated rings. The molecule has 1 unspecified atom stereocenters. The molecule has 1 atom stereocenters. The molecular weight excluding hydrogens is 436 g/mol. The van der Waals surface area contributed by atoms with Gasteiger partial charge in [-0.15, -0.1) is 0 Å². The van der Waals surface area contributed by atoms with E-state index in [9.17, 15) is 26.3 Å². The van der Waals surface area contributed by atoms with E-state index < -0.39 is 35.5 Å². The summed E-state index contributed by atoms with van der Waals surface area (Å²) in [5, 5.41) is 0. The highest BCUT2D eigenvalue weighted by Gasteiger charge is 2.44. The number of benzene rings is 3. The highest BCUT2D eigenvalue weighted by atomic mass is 19.3. The SMILES string of the molecule is COc1ccc(C(N)(Cc2ccccc2)c2cc(F)cc(OC(F)(F)C(F)F)c2)cc1F. The van der Waals surface area contributed by atoms with Crippen LogP contribution in [0.25, 0.3) is 0 Å². The Morgan fingerprint density at radius 1 is 0.906 bits per heavy atom. The molecule has 0 aliphatic rings. The van der Waals surface area contributed by atoms with Gasteiger partial charge in [0.15, 0.2) is 11.6 Å². The zero-order chi connectivity index (χ0) is 23.5. The third-order valence-electron chi connectivity index (χ3n) is 4.89. The van der Waals surface area contributed by atoms with Crippen LogP contribution in [0, 0.1) is 11.6 Å². The maximum Gasteiger partial charge on any atom is 0.461 e. The molecular formula is C23H19F6NO2. The highest BCUT2D eigenvalue weighted by molar-refractivity contribution is 5.45. The summed E-state index contributed by atoms with van der Waals surface area (Å²) in [4.78, 5) is 0. The molecule has 0 aromatic heterocycles. The van der Waals surface area contributed by atoms with Crippen molar-refractivity contribution in [2.24, 2.45) is 5.73 Å².